The lowest BCUT2D eigenvalue weighted by atomic mass is 9.91. The molecule has 3 heterocycles. The number of pyridine rings is 1. The normalized spacial score (nSPS) is 15.5. The Labute approximate surface area is 142 Å². The van der Waals surface area contributed by atoms with Crippen molar-refractivity contribution in [2.75, 3.05) is 13.1 Å². The molecule has 1 aliphatic heterocycles. The molecule has 3 rings (SSSR count). The molecule has 1 saturated heterocycles. The van der Waals surface area contributed by atoms with E-state index in [2.05, 4.69) is 26.6 Å². The first-order valence-electron chi connectivity index (χ1n) is 8.54. The van der Waals surface area contributed by atoms with Gasteiger partial charge in [-0.05, 0) is 43.7 Å². The van der Waals surface area contributed by atoms with Gasteiger partial charge in [-0.15, -0.1) is 10.2 Å². The van der Waals surface area contributed by atoms with Crippen molar-refractivity contribution in [3.05, 3.63) is 42.2 Å². The highest BCUT2D eigenvalue weighted by Gasteiger charge is 2.23. The third kappa shape index (κ3) is 4.10. The summed E-state index contributed by atoms with van der Waals surface area (Å²) in [6.45, 7) is 4.86. The van der Waals surface area contributed by atoms with E-state index >= 15 is 0 Å². The Morgan fingerprint density at radius 3 is 2.92 bits per heavy atom. The van der Waals surface area contributed by atoms with Crippen molar-refractivity contribution in [3.8, 4) is 0 Å². The molecule has 0 saturated carbocycles. The predicted octanol–water partition coefficient (Wildman–Crippen LogP) is 1.86. The minimum atomic E-state index is -0.0134. The van der Waals surface area contributed by atoms with Crippen LogP contribution < -0.4 is 5.32 Å². The monoisotopic (exact) mass is 328 g/mol. The van der Waals surface area contributed by atoms with Gasteiger partial charge >= 0.3 is 6.03 Å². The molecule has 1 aliphatic rings. The zero-order chi connectivity index (χ0) is 16.8. The van der Waals surface area contributed by atoms with Crippen molar-refractivity contribution in [1.82, 2.24) is 30.0 Å². The van der Waals surface area contributed by atoms with Crippen molar-refractivity contribution in [2.24, 2.45) is 5.92 Å². The molecule has 0 unspecified atom stereocenters. The minimum absolute atomic E-state index is 0.0134. The molecule has 0 spiro atoms. The average Bonchev–Trinajstić information content (AvgIpc) is 3.09. The van der Waals surface area contributed by atoms with E-state index in [1.54, 1.807) is 12.5 Å². The van der Waals surface area contributed by atoms with E-state index in [4.69, 9.17) is 0 Å². The second-order valence-electron chi connectivity index (χ2n) is 6.19. The maximum Gasteiger partial charge on any atom is 0.317 e. The molecular weight excluding hydrogens is 304 g/mol. The summed E-state index contributed by atoms with van der Waals surface area (Å²) in [5.74, 6) is 1.42. The van der Waals surface area contributed by atoms with Crippen LogP contribution in [0.5, 0.6) is 0 Å². The molecule has 0 radical (unpaired) electrons. The van der Waals surface area contributed by atoms with Crippen molar-refractivity contribution >= 4 is 6.03 Å². The number of carbonyl (C=O) groups is 1. The second kappa shape index (κ2) is 7.90. The van der Waals surface area contributed by atoms with E-state index in [1.807, 2.05) is 28.7 Å². The number of likely N-dealkylation sites (tertiary alicyclic amines) is 1. The lowest BCUT2D eigenvalue weighted by Crippen LogP contribution is -2.44. The Morgan fingerprint density at radius 1 is 1.38 bits per heavy atom. The quantitative estimate of drug-likeness (QED) is 0.909. The third-order valence-electron chi connectivity index (χ3n) is 4.58. The lowest BCUT2D eigenvalue weighted by molar-refractivity contribution is 0.169. The summed E-state index contributed by atoms with van der Waals surface area (Å²) in [5.41, 5.74) is 1.28. The van der Waals surface area contributed by atoms with Gasteiger partial charge in [0.2, 0.25) is 0 Å². The molecule has 128 valence electrons. The number of carbonyl (C=O) groups excluding carboxylic acids is 1. The molecule has 24 heavy (non-hydrogen) atoms. The number of urea groups is 1. The van der Waals surface area contributed by atoms with Gasteiger partial charge in [-0.25, -0.2) is 4.79 Å². The highest BCUT2D eigenvalue weighted by Crippen LogP contribution is 2.21. The number of rotatable bonds is 5. The minimum Gasteiger partial charge on any atom is -0.331 e. The fraction of sp³-hybridized carbons (Fsp3) is 0.529. The number of aryl methyl sites for hydroxylation is 1. The van der Waals surface area contributed by atoms with E-state index in [9.17, 15) is 4.79 Å². The summed E-state index contributed by atoms with van der Waals surface area (Å²) in [7, 11) is 0. The van der Waals surface area contributed by atoms with Gasteiger partial charge in [0.25, 0.3) is 0 Å². The summed E-state index contributed by atoms with van der Waals surface area (Å²) >= 11 is 0. The smallest absolute Gasteiger partial charge is 0.317 e. The van der Waals surface area contributed by atoms with E-state index in [0.29, 0.717) is 12.5 Å². The summed E-state index contributed by atoms with van der Waals surface area (Å²) < 4.78 is 1.93. The Bertz CT molecular complexity index is 648. The molecule has 0 atom stereocenters. The maximum absolute atomic E-state index is 12.3. The van der Waals surface area contributed by atoms with Crippen LogP contribution in [0, 0.1) is 5.92 Å². The zero-order valence-electron chi connectivity index (χ0n) is 14.1. The maximum atomic E-state index is 12.3. The van der Waals surface area contributed by atoms with Crippen LogP contribution in [0.1, 0.15) is 31.2 Å². The fourth-order valence-electron chi connectivity index (χ4n) is 3.14. The van der Waals surface area contributed by atoms with Crippen molar-refractivity contribution in [1.29, 1.82) is 0 Å². The molecular formula is C17H24N6O. The first-order chi connectivity index (χ1) is 11.8. The number of piperidine rings is 1. The highest BCUT2D eigenvalue weighted by atomic mass is 16.2. The zero-order valence-corrected chi connectivity index (χ0v) is 14.1. The standard InChI is InChI=1S/C17H24N6O/c1-2-22-13-20-21-16(22)12-19-17(24)23-8-5-14(6-9-23)10-15-4-3-7-18-11-15/h3-4,7,11,13-14H,2,5-6,8-10,12H2,1H3,(H,19,24). The number of aromatic nitrogens is 4. The topological polar surface area (TPSA) is 75.9 Å². The number of hydrogen-bond donors (Lipinski definition) is 1. The molecule has 2 amide bonds. The van der Waals surface area contributed by atoms with Gasteiger partial charge in [0.1, 0.15) is 6.33 Å². The van der Waals surface area contributed by atoms with Crippen LogP contribution >= 0.6 is 0 Å². The van der Waals surface area contributed by atoms with Gasteiger partial charge < -0.3 is 14.8 Å². The van der Waals surface area contributed by atoms with Crippen LogP contribution in [-0.4, -0.2) is 43.8 Å². The van der Waals surface area contributed by atoms with Crippen molar-refractivity contribution in [2.45, 2.75) is 39.3 Å². The van der Waals surface area contributed by atoms with Gasteiger partial charge in [0, 0.05) is 32.0 Å². The van der Waals surface area contributed by atoms with Gasteiger partial charge in [-0.2, -0.15) is 0 Å². The molecule has 2 aromatic rings. The number of nitrogens with one attached hydrogen (secondary N) is 1. The number of nitrogens with zero attached hydrogens (tertiary/aromatic N) is 5. The Kier molecular flexibility index (Phi) is 5.40. The Hall–Kier alpha value is -2.44. The second-order valence-corrected chi connectivity index (χ2v) is 6.19. The van der Waals surface area contributed by atoms with Crippen molar-refractivity contribution in [3.63, 3.8) is 0 Å². The van der Waals surface area contributed by atoms with Gasteiger partial charge in [-0.1, -0.05) is 6.07 Å². The average molecular weight is 328 g/mol. The van der Waals surface area contributed by atoms with Crippen LogP contribution in [-0.2, 0) is 19.5 Å². The first-order valence-corrected chi connectivity index (χ1v) is 8.54. The van der Waals surface area contributed by atoms with Crippen LogP contribution in [0.4, 0.5) is 4.79 Å². The fourth-order valence-corrected chi connectivity index (χ4v) is 3.14. The van der Waals surface area contributed by atoms with E-state index in [-0.39, 0.29) is 6.03 Å². The van der Waals surface area contributed by atoms with Crippen molar-refractivity contribution < 1.29 is 4.79 Å². The van der Waals surface area contributed by atoms with Crippen LogP contribution in [0.25, 0.3) is 0 Å². The molecule has 7 heteroatoms. The molecule has 2 aromatic heterocycles. The molecule has 7 nitrogen and oxygen atoms in total. The Morgan fingerprint density at radius 2 is 2.21 bits per heavy atom. The van der Waals surface area contributed by atoms with Gasteiger partial charge in [0.15, 0.2) is 5.82 Å². The SMILES string of the molecule is CCn1cnnc1CNC(=O)N1CCC(Cc2cccnc2)CC1. The highest BCUT2D eigenvalue weighted by molar-refractivity contribution is 5.74. The Balaban J connectivity index is 1.43. The molecule has 0 aromatic carbocycles. The summed E-state index contributed by atoms with van der Waals surface area (Å²) in [5, 5.41) is 10.9. The summed E-state index contributed by atoms with van der Waals surface area (Å²) in [4.78, 5) is 18.4. The molecule has 0 bridgehead atoms. The molecule has 0 aliphatic carbocycles. The van der Waals surface area contributed by atoms with E-state index in [0.717, 1.165) is 44.7 Å². The van der Waals surface area contributed by atoms with E-state index < -0.39 is 0 Å². The predicted molar refractivity (Wildman–Crippen MR) is 90.2 cm³/mol. The molecule has 1 N–H and O–H groups in total. The van der Waals surface area contributed by atoms with E-state index in [1.165, 1.54) is 5.56 Å². The van der Waals surface area contributed by atoms with Crippen LogP contribution in [0.15, 0.2) is 30.9 Å². The van der Waals surface area contributed by atoms with Gasteiger partial charge in [0.05, 0.1) is 6.54 Å². The van der Waals surface area contributed by atoms with Crippen LogP contribution in [0.2, 0.25) is 0 Å². The lowest BCUT2D eigenvalue weighted by Gasteiger charge is -2.32. The molecule has 1 fully saturated rings. The summed E-state index contributed by atoms with van der Waals surface area (Å²) in [6.07, 6.45) is 8.54. The van der Waals surface area contributed by atoms with Gasteiger partial charge in [-0.3, -0.25) is 4.98 Å². The third-order valence-corrected chi connectivity index (χ3v) is 4.58. The largest absolute Gasteiger partial charge is 0.331 e. The first kappa shape index (κ1) is 16.4. The number of amides is 2. The number of hydrogen-bond acceptors (Lipinski definition) is 4. The van der Waals surface area contributed by atoms with Crippen LogP contribution in [0.3, 0.4) is 0 Å². The summed E-state index contributed by atoms with van der Waals surface area (Å²) in [6, 6.07) is 4.09.